The van der Waals surface area contributed by atoms with Crippen molar-refractivity contribution in [2.75, 3.05) is 0 Å². The van der Waals surface area contributed by atoms with Crippen LogP contribution in [0.3, 0.4) is 0 Å². The molecule has 0 aromatic heterocycles. The minimum atomic E-state index is 0.164. The Labute approximate surface area is 96.4 Å². The first kappa shape index (κ1) is 10.2. The van der Waals surface area contributed by atoms with E-state index in [1.165, 1.54) is 5.56 Å². The van der Waals surface area contributed by atoms with Gasteiger partial charge in [-0.05, 0) is 24.1 Å². The summed E-state index contributed by atoms with van der Waals surface area (Å²) >= 11 is 5.16. The van der Waals surface area contributed by atoms with E-state index in [9.17, 15) is 4.79 Å². The number of hydrogen-bond acceptors (Lipinski definition) is 2. The molecule has 0 saturated heterocycles. The molecular formula is C11H11BrOS. The number of Topliss-reactive ketones (excluding diaryl/α,β-unsaturated/α-hetero) is 1. The van der Waals surface area contributed by atoms with E-state index in [0.29, 0.717) is 5.78 Å². The number of hydrogen-bond donors (Lipinski definition) is 0. The molecule has 0 amide bonds. The first-order chi connectivity index (χ1) is 6.72. The van der Waals surface area contributed by atoms with E-state index < -0.39 is 0 Å². The molecule has 0 aliphatic carbocycles. The monoisotopic (exact) mass is 270 g/mol. The van der Waals surface area contributed by atoms with Gasteiger partial charge in [-0.3, -0.25) is 4.79 Å². The van der Waals surface area contributed by atoms with Gasteiger partial charge in [-0.15, -0.1) is 11.8 Å². The summed E-state index contributed by atoms with van der Waals surface area (Å²) in [5.41, 5.74) is 2.08. The highest BCUT2D eigenvalue weighted by Crippen LogP contribution is 2.33. The molecule has 0 spiro atoms. The summed E-state index contributed by atoms with van der Waals surface area (Å²) in [7, 11) is 0. The fourth-order valence-electron chi connectivity index (χ4n) is 1.65. The smallest absolute Gasteiger partial charge is 0.176 e. The number of ketones is 1. The van der Waals surface area contributed by atoms with Gasteiger partial charge in [0.05, 0.1) is 5.25 Å². The predicted molar refractivity (Wildman–Crippen MR) is 63.8 cm³/mol. The number of carbonyl (C=O) groups excluding carboxylic acids is 1. The standard InChI is InChI=1S/C11H11BrOS/c1-2-10-11(13)9-5-8(12)4-3-7(9)6-14-10/h3-5,10H,2,6H2,1H3. The largest absolute Gasteiger partial charge is 0.293 e. The van der Waals surface area contributed by atoms with Crippen LogP contribution in [0.4, 0.5) is 0 Å². The number of rotatable bonds is 1. The molecule has 1 atom stereocenters. The molecule has 1 heterocycles. The number of carbonyl (C=O) groups is 1. The van der Waals surface area contributed by atoms with Crippen molar-refractivity contribution in [3.05, 3.63) is 33.8 Å². The molecule has 0 bridgehead atoms. The molecule has 1 aliphatic rings. The summed E-state index contributed by atoms with van der Waals surface area (Å²) in [5.74, 6) is 1.26. The Bertz CT molecular complexity index is 376. The van der Waals surface area contributed by atoms with Crippen molar-refractivity contribution in [1.82, 2.24) is 0 Å². The first-order valence-corrected chi connectivity index (χ1v) is 6.50. The molecule has 2 rings (SSSR count). The number of benzene rings is 1. The van der Waals surface area contributed by atoms with Gasteiger partial charge in [-0.1, -0.05) is 28.9 Å². The highest BCUT2D eigenvalue weighted by Gasteiger charge is 2.26. The van der Waals surface area contributed by atoms with Crippen LogP contribution >= 0.6 is 27.7 Å². The molecule has 0 saturated carbocycles. The zero-order valence-corrected chi connectivity index (χ0v) is 10.3. The molecule has 0 radical (unpaired) electrons. The Kier molecular flexibility index (Phi) is 2.98. The van der Waals surface area contributed by atoms with Crippen molar-refractivity contribution in [2.45, 2.75) is 24.3 Å². The summed E-state index contributed by atoms with van der Waals surface area (Å²) < 4.78 is 0.992. The first-order valence-electron chi connectivity index (χ1n) is 4.66. The van der Waals surface area contributed by atoms with Gasteiger partial charge in [0.15, 0.2) is 5.78 Å². The van der Waals surface area contributed by atoms with Crippen molar-refractivity contribution < 1.29 is 4.79 Å². The van der Waals surface area contributed by atoms with Crippen LogP contribution in [-0.2, 0) is 5.75 Å². The van der Waals surface area contributed by atoms with Crippen LogP contribution in [-0.4, -0.2) is 11.0 Å². The molecule has 1 unspecified atom stereocenters. The number of fused-ring (bicyclic) bond motifs is 1. The molecule has 1 aromatic rings. The van der Waals surface area contributed by atoms with Gasteiger partial charge in [-0.25, -0.2) is 0 Å². The van der Waals surface area contributed by atoms with Gasteiger partial charge < -0.3 is 0 Å². The van der Waals surface area contributed by atoms with Crippen LogP contribution in [0.25, 0.3) is 0 Å². The molecule has 1 nitrogen and oxygen atoms in total. The molecular weight excluding hydrogens is 260 g/mol. The average Bonchev–Trinajstić information content (AvgIpc) is 2.20. The van der Waals surface area contributed by atoms with Crippen LogP contribution in [0.15, 0.2) is 22.7 Å². The molecule has 74 valence electrons. The maximum absolute atomic E-state index is 12.0. The Morgan fingerprint density at radius 1 is 1.57 bits per heavy atom. The Balaban J connectivity index is 2.43. The Hall–Kier alpha value is -0.280. The van der Waals surface area contributed by atoms with Gasteiger partial charge in [0.1, 0.15) is 0 Å². The van der Waals surface area contributed by atoms with Crippen molar-refractivity contribution >= 4 is 33.5 Å². The Morgan fingerprint density at radius 3 is 3.07 bits per heavy atom. The third-order valence-corrected chi connectivity index (χ3v) is 4.36. The quantitative estimate of drug-likeness (QED) is 0.775. The number of thioether (sulfide) groups is 1. The third kappa shape index (κ3) is 1.75. The highest BCUT2D eigenvalue weighted by molar-refractivity contribution is 9.10. The van der Waals surface area contributed by atoms with Gasteiger partial charge in [0.25, 0.3) is 0 Å². The lowest BCUT2D eigenvalue weighted by atomic mass is 10.0. The highest BCUT2D eigenvalue weighted by atomic mass is 79.9. The Morgan fingerprint density at radius 2 is 2.36 bits per heavy atom. The van der Waals surface area contributed by atoms with E-state index in [1.807, 2.05) is 18.2 Å². The van der Waals surface area contributed by atoms with Gasteiger partial charge in [0, 0.05) is 15.8 Å². The maximum atomic E-state index is 12.0. The lowest BCUT2D eigenvalue weighted by Gasteiger charge is -2.21. The van der Waals surface area contributed by atoms with Crippen molar-refractivity contribution in [3.63, 3.8) is 0 Å². The second kappa shape index (κ2) is 4.07. The van der Waals surface area contributed by atoms with Crippen LogP contribution in [0.2, 0.25) is 0 Å². The maximum Gasteiger partial charge on any atom is 0.176 e. The van der Waals surface area contributed by atoms with Gasteiger partial charge in [-0.2, -0.15) is 0 Å². The summed E-state index contributed by atoms with van der Waals surface area (Å²) in [5, 5.41) is 0.164. The van der Waals surface area contributed by atoms with E-state index in [2.05, 4.69) is 22.9 Å². The normalized spacial score (nSPS) is 20.7. The summed E-state index contributed by atoms with van der Waals surface area (Å²) in [6.07, 6.45) is 0.926. The van der Waals surface area contributed by atoms with Crippen molar-refractivity contribution in [1.29, 1.82) is 0 Å². The zero-order valence-electron chi connectivity index (χ0n) is 7.92. The van der Waals surface area contributed by atoms with Crippen LogP contribution in [0.1, 0.15) is 29.3 Å². The van der Waals surface area contributed by atoms with Crippen molar-refractivity contribution in [3.8, 4) is 0 Å². The molecule has 0 N–H and O–H groups in total. The van der Waals surface area contributed by atoms with Gasteiger partial charge in [0.2, 0.25) is 0 Å². The fraction of sp³-hybridized carbons (Fsp3) is 0.364. The zero-order chi connectivity index (χ0) is 10.1. The molecule has 14 heavy (non-hydrogen) atoms. The summed E-state index contributed by atoms with van der Waals surface area (Å²) in [4.78, 5) is 12.0. The number of halogens is 1. The second-order valence-corrected chi connectivity index (χ2v) is 5.48. The lowest BCUT2D eigenvalue weighted by Crippen LogP contribution is -2.22. The molecule has 3 heteroatoms. The lowest BCUT2D eigenvalue weighted by molar-refractivity contribution is 0.0985. The molecule has 1 aliphatic heterocycles. The molecule has 1 aromatic carbocycles. The topological polar surface area (TPSA) is 17.1 Å². The van der Waals surface area contributed by atoms with E-state index in [0.717, 1.165) is 22.2 Å². The summed E-state index contributed by atoms with van der Waals surface area (Å²) in [6.45, 7) is 2.07. The SMILES string of the molecule is CCC1SCc2ccc(Br)cc2C1=O. The van der Waals surface area contributed by atoms with Crippen LogP contribution in [0.5, 0.6) is 0 Å². The third-order valence-electron chi connectivity index (χ3n) is 2.44. The predicted octanol–water partition coefficient (Wildman–Crippen LogP) is 3.66. The second-order valence-electron chi connectivity index (χ2n) is 3.37. The van der Waals surface area contributed by atoms with E-state index >= 15 is 0 Å². The fourth-order valence-corrected chi connectivity index (χ4v) is 3.15. The van der Waals surface area contributed by atoms with E-state index in [-0.39, 0.29) is 5.25 Å². The minimum absolute atomic E-state index is 0.164. The van der Waals surface area contributed by atoms with Crippen molar-refractivity contribution in [2.24, 2.45) is 0 Å². The molecule has 0 fully saturated rings. The van der Waals surface area contributed by atoms with Crippen LogP contribution < -0.4 is 0 Å². The minimum Gasteiger partial charge on any atom is -0.293 e. The van der Waals surface area contributed by atoms with Gasteiger partial charge >= 0.3 is 0 Å². The van der Waals surface area contributed by atoms with E-state index in [1.54, 1.807) is 11.8 Å². The van der Waals surface area contributed by atoms with E-state index in [4.69, 9.17) is 0 Å². The average molecular weight is 271 g/mol. The van der Waals surface area contributed by atoms with Crippen LogP contribution in [0, 0.1) is 0 Å². The summed E-state index contributed by atoms with van der Waals surface area (Å²) in [6, 6.07) is 5.98.